The van der Waals surface area contributed by atoms with Gasteiger partial charge in [0.2, 0.25) is 0 Å². The van der Waals surface area contributed by atoms with Crippen LogP contribution in [0.3, 0.4) is 0 Å². The third kappa shape index (κ3) is 2.86. The van der Waals surface area contributed by atoms with Gasteiger partial charge < -0.3 is 5.11 Å². The van der Waals surface area contributed by atoms with E-state index in [1.54, 1.807) is 23.5 Å². The van der Waals surface area contributed by atoms with Crippen LogP contribution in [0.2, 0.25) is 5.02 Å². The Bertz CT molecular complexity index is 470. The molecule has 0 radical (unpaired) electrons. The normalized spacial score (nSPS) is 12.7. The van der Waals surface area contributed by atoms with Gasteiger partial charge in [-0.15, -0.1) is 0 Å². The SMILES string of the molecule is OC(Cc1ccsc1)c1cc(Cl)ccc1Br. The standard InChI is InChI=1S/C12H10BrClOS/c13-11-2-1-9(14)6-10(11)12(15)5-8-3-4-16-7-8/h1-4,6-7,12,15H,5H2. The van der Waals surface area contributed by atoms with Gasteiger partial charge in [0.05, 0.1) is 6.10 Å². The maximum Gasteiger partial charge on any atom is 0.0842 e. The number of thiophene rings is 1. The van der Waals surface area contributed by atoms with E-state index in [1.165, 1.54) is 0 Å². The number of rotatable bonds is 3. The first-order valence-electron chi connectivity index (χ1n) is 4.81. The molecule has 16 heavy (non-hydrogen) atoms. The van der Waals surface area contributed by atoms with E-state index in [4.69, 9.17) is 11.6 Å². The summed E-state index contributed by atoms with van der Waals surface area (Å²) in [6.07, 6.45) is 0.0882. The number of hydrogen-bond donors (Lipinski definition) is 1. The molecule has 0 aliphatic heterocycles. The summed E-state index contributed by atoms with van der Waals surface area (Å²) in [6, 6.07) is 7.47. The highest BCUT2D eigenvalue weighted by Gasteiger charge is 2.12. The summed E-state index contributed by atoms with van der Waals surface area (Å²) in [6.45, 7) is 0. The number of benzene rings is 1. The predicted octanol–water partition coefficient (Wildman–Crippen LogP) is 4.44. The van der Waals surface area contributed by atoms with E-state index in [0.29, 0.717) is 11.4 Å². The van der Waals surface area contributed by atoms with E-state index >= 15 is 0 Å². The molecule has 1 N–H and O–H groups in total. The topological polar surface area (TPSA) is 20.2 Å². The Morgan fingerprint density at radius 3 is 2.88 bits per heavy atom. The molecule has 84 valence electrons. The summed E-state index contributed by atoms with van der Waals surface area (Å²) in [4.78, 5) is 0. The Kier molecular flexibility index (Phi) is 4.03. The molecule has 1 aromatic heterocycles. The fourth-order valence-electron chi connectivity index (χ4n) is 1.51. The fraction of sp³-hybridized carbons (Fsp3) is 0.167. The lowest BCUT2D eigenvalue weighted by Crippen LogP contribution is -2.01. The lowest BCUT2D eigenvalue weighted by molar-refractivity contribution is 0.178. The molecule has 2 rings (SSSR count). The van der Waals surface area contributed by atoms with E-state index in [1.807, 2.05) is 22.9 Å². The van der Waals surface area contributed by atoms with Crippen LogP contribution < -0.4 is 0 Å². The van der Waals surface area contributed by atoms with Crippen molar-refractivity contribution in [1.82, 2.24) is 0 Å². The highest BCUT2D eigenvalue weighted by atomic mass is 79.9. The zero-order valence-electron chi connectivity index (χ0n) is 8.36. The van der Waals surface area contributed by atoms with Crippen molar-refractivity contribution in [2.24, 2.45) is 0 Å². The predicted molar refractivity (Wildman–Crippen MR) is 72.1 cm³/mol. The second-order valence-electron chi connectivity index (χ2n) is 3.52. The molecule has 2 aromatic rings. The lowest BCUT2D eigenvalue weighted by Gasteiger charge is -2.12. The minimum absolute atomic E-state index is 0.525. The molecular formula is C12H10BrClOS. The second kappa shape index (κ2) is 5.32. The van der Waals surface area contributed by atoms with Crippen LogP contribution in [0.5, 0.6) is 0 Å². The van der Waals surface area contributed by atoms with Crippen molar-refractivity contribution < 1.29 is 5.11 Å². The molecule has 0 aliphatic rings. The van der Waals surface area contributed by atoms with Gasteiger partial charge in [-0.25, -0.2) is 0 Å². The van der Waals surface area contributed by atoms with E-state index in [-0.39, 0.29) is 0 Å². The highest BCUT2D eigenvalue weighted by molar-refractivity contribution is 9.10. The molecule has 0 spiro atoms. The number of aliphatic hydroxyl groups excluding tert-OH is 1. The highest BCUT2D eigenvalue weighted by Crippen LogP contribution is 2.29. The molecule has 0 saturated heterocycles. The van der Waals surface area contributed by atoms with Crippen LogP contribution in [-0.4, -0.2) is 5.11 Å². The van der Waals surface area contributed by atoms with Crippen LogP contribution in [0, 0.1) is 0 Å². The van der Waals surface area contributed by atoms with Crippen LogP contribution >= 0.6 is 38.9 Å². The van der Waals surface area contributed by atoms with Crippen LogP contribution in [0.15, 0.2) is 39.5 Å². The molecule has 1 unspecified atom stereocenters. The van der Waals surface area contributed by atoms with Crippen LogP contribution in [0.1, 0.15) is 17.2 Å². The molecule has 4 heteroatoms. The largest absolute Gasteiger partial charge is 0.388 e. The van der Waals surface area contributed by atoms with Gasteiger partial charge in [0.15, 0.2) is 0 Å². The number of hydrogen-bond acceptors (Lipinski definition) is 2. The number of halogens is 2. The van der Waals surface area contributed by atoms with Gasteiger partial charge in [-0.05, 0) is 46.2 Å². The third-order valence-electron chi connectivity index (χ3n) is 2.33. The maximum absolute atomic E-state index is 10.1. The van der Waals surface area contributed by atoms with E-state index in [9.17, 15) is 5.11 Å². The average Bonchev–Trinajstić information content (AvgIpc) is 2.74. The second-order valence-corrected chi connectivity index (χ2v) is 5.59. The summed E-state index contributed by atoms with van der Waals surface area (Å²) in [7, 11) is 0. The van der Waals surface area contributed by atoms with Crippen molar-refractivity contribution in [2.45, 2.75) is 12.5 Å². The molecule has 1 aromatic carbocycles. The van der Waals surface area contributed by atoms with Gasteiger partial charge in [-0.1, -0.05) is 27.5 Å². The average molecular weight is 318 g/mol. The van der Waals surface area contributed by atoms with Crippen LogP contribution in [0.25, 0.3) is 0 Å². The Balaban J connectivity index is 2.20. The van der Waals surface area contributed by atoms with Crippen molar-refractivity contribution in [3.8, 4) is 0 Å². The quantitative estimate of drug-likeness (QED) is 0.887. The van der Waals surface area contributed by atoms with Gasteiger partial charge in [-0.3, -0.25) is 0 Å². The lowest BCUT2D eigenvalue weighted by atomic mass is 10.0. The minimum Gasteiger partial charge on any atom is -0.388 e. The molecule has 0 bridgehead atoms. The minimum atomic E-state index is -0.525. The summed E-state index contributed by atoms with van der Waals surface area (Å²) < 4.78 is 0.889. The van der Waals surface area contributed by atoms with E-state index < -0.39 is 6.10 Å². The van der Waals surface area contributed by atoms with Crippen molar-refractivity contribution in [3.63, 3.8) is 0 Å². The first-order valence-corrected chi connectivity index (χ1v) is 6.92. The molecule has 0 saturated carbocycles. The Hall–Kier alpha value is -0.350. The summed E-state index contributed by atoms with van der Waals surface area (Å²) in [5, 5.41) is 14.8. The first-order chi connectivity index (χ1) is 7.66. The monoisotopic (exact) mass is 316 g/mol. The smallest absolute Gasteiger partial charge is 0.0842 e. The summed E-state index contributed by atoms with van der Waals surface area (Å²) in [5.74, 6) is 0. The summed E-state index contributed by atoms with van der Waals surface area (Å²) in [5.41, 5.74) is 1.98. The molecule has 1 heterocycles. The van der Waals surface area contributed by atoms with Gasteiger partial charge in [0.1, 0.15) is 0 Å². The molecular weight excluding hydrogens is 308 g/mol. The van der Waals surface area contributed by atoms with Gasteiger partial charge in [0, 0.05) is 15.9 Å². The van der Waals surface area contributed by atoms with Gasteiger partial charge in [0.25, 0.3) is 0 Å². The van der Waals surface area contributed by atoms with Crippen molar-refractivity contribution in [1.29, 1.82) is 0 Å². The zero-order valence-corrected chi connectivity index (χ0v) is 11.5. The van der Waals surface area contributed by atoms with Gasteiger partial charge >= 0.3 is 0 Å². The van der Waals surface area contributed by atoms with Crippen molar-refractivity contribution >= 4 is 38.9 Å². The Morgan fingerprint density at radius 1 is 1.38 bits per heavy atom. The Labute approximate surface area is 112 Å². The Morgan fingerprint density at radius 2 is 2.19 bits per heavy atom. The zero-order chi connectivity index (χ0) is 11.5. The number of aliphatic hydroxyl groups is 1. The van der Waals surface area contributed by atoms with E-state index in [2.05, 4.69) is 15.9 Å². The fourth-order valence-corrected chi connectivity index (χ4v) is 2.88. The third-order valence-corrected chi connectivity index (χ3v) is 4.02. The summed E-state index contributed by atoms with van der Waals surface area (Å²) >= 11 is 11.0. The molecule has 0 amide bonds. The van der Waals surface area contributed by atoms with Crippen molar-refractivity contribution in [3.05, 3.63) is 55.6 Å². The van der Waals surface area contributed by atoms with E-state index in [0.717, 1.165) is 15.6 Å². The molecule has 0 aliphatic carbocycles. The molecule has 1 atom stereocenters. The molecule has 0 fully saturated rings. The van der Waals surface area contributed by atoms with Crippen LogP contribution in [0.4, 0.5) is 0 Å². The van der Waals surface area contributed by atoms with Crippen LogP contribution in [-0.2, 0) is 6.42 Å². The van der Waals surface area contributed by atoms with Crippen molar-refractivity contribution in [2.75, 3.05) is 0 Å². The first kappa shape index (κ1) is 12.1. The van der Waals surface area contributed by atoms with Gasteiger partial charge in [-0.2, -0.15) is 11.3 Å². The molecule has 1 nitrogen and oxygen atoms in total. The maximum atomic E-state index is 10.1.